The molecule has 2 aromatic carbocycles. The van der Waals surface area contributed by atoms with Gasteiger partial charge in [-0.3, -0.25) is 4.90 Å². The fourth-order valence-corrected chi connectivity index (χ4v) is 7.32. The van der Waals surface area contributed by atoms with Gasteiger partial charge >= 0.3 is 6.03 Å². The van der Waals surface area contributed by atoms with Crippen LogP contribution in [0.2, 0.25) is 0 Å². The zero-order chi connectivity index (χ0) is 28.4. The van der Waals surface area contributed by atoms with E-state index in [4.69, 9.17) is 5.73 Å². The minimum absolute atomic E-state index is 0.0579. The number of hydrogen-bond acceptors (Lipinski definition) is 6. The molecule has 1 fully saturated rings. The summed E-state index contributed by atoms with van der Waals surface area (Å²) in [5, 5.41) is 9.67. The van der Waals surface area contributed by atoms with E-state index >= 15 is 0 Å². The van der Waals surface area contributed by atoms with E-state index in [1.165, 1.54) is 0 Å². The minimum atomic E-state index is -3.76. The van der Waals surface area contributed by atoms with Crippen LogP contribution in [0.5, 0.6) is 0 Å². The largest absolute Gasteiger partial charge is 0.361 e. The number of carbonyl (C=O) groups is 1. The molecule has 6 rings (SSSR count). The first kappa shape index (κ1) is 27.3. The Kier molecular flexibility index (Phi) is 7.67. The zero-order valence-corrected chi connectivity index (χ0v) is 23.6. The number of nitrogens with one attached hydrogen (secondary N) is 3. The van der Waals surface area contributed by atoms with Crippen molar-refractivity contribution in [1.29, 1.82) is 0 Å². The van der Waals surface area contributed by atoms with Gasteiger partial charge < -0.3 is 26.3 Å². The molecule has 0 spiro atoms. The molecule has 4 heterocycles. The van der Waals surface area contributed by atoms with E-state index in [0.717, 1.165) is 54.0 Å². The number of urea groups is 1. The molecule has 5 N–H and O–H groups in total. The highest BCUT2D eigenvalue weighted by Crippen LogP contribution is 2.30. The molecule has 1 atom stereocenters. The molecule has 1 aromatic heterocycles. The molecule has 0 radical (unpaired) electrons. The average Bonchev–Trinajstić information content (AvgIpc) is 3.67. The van der Waals surface area contributed by atoms with E-state index in [9.17, 15) is 13.2 Å². The first-order valence-electron chi connectivity index (χ1n) is 13.9. The molecule has 11 heteroatoms. The molecule has 0 saturated carbocycles. The Morgan fingerprint density at radius 3 is 2.46 bits per heavy atom. The molecule has 0 aliphatic carbocycles. The van der Waals surface area contributed by atoms with Crippen LogP contribution in [-0.2, 0) is 23.1 Å². The number of amides is 2. The number of carbonyl (C=O) groups excluding carboxylic acids is 1. The second-order valence-electron chi connectivity index (χ2n) is 10.5. The van der Waals surface area contributed by atoms with Crippen molar-refractivity contribution >= 4 is 27.4 Å². The van der Waals surface area contributed by atoms with Crippen molar-refractivity contribution < 1.29 is 13.2 Å². The molecule has 10 nitrogen and oxygen atoms in total. The molecule has 1 unspecified atom stereocenters. The number of hydrogen-bond donors (Lipinski definition) is 4. The number of anilines is 1. The number of sulfonamides is 1. The summed E-state index contributed by atoms with van der Waals surface area (Å²) in [7, 11) is -3.76. The van der Waals surface area contributed by atoms with E-state index in [0.29, 0.717) is 19.6 Å². The normalized spacial score (nSPS) is 19.4. The third-order valence-corrected chi connectivity index (χ3v) is 9.82. The molecule has 41 heavy (non-hydrogen) atoms. The van der Waals surface area contributed by atoms with Crippen molar-refractivity contribution in [1.82, 2.24) is 24.8 Å². The highest BCUT2D eigenvalue weighted by Gasteiger charge is 2.34. The van der Waals surface area contributed by atoms with Crippen molar-refractivity contribution in [3.05, 3.63) is 102 Å². The first-order valence-corrected chi connectivity index (χ1v) is 15.4. The SMILES string of the molecule is NCc1ccc(N2C=C3C=C(c4cccc(S(=O)(=O)N(CCn5cccc5)C5CCNCC5)c4)NC3NC2=O)cc1. The van der Waals surface area contributed by atoms with Crippen LogP contribution in [0, 0.1) is 0 Å². The predicted octanol–water partition coefficient (Wildman–Crippen LogP) is 2.77. The van der Waals surface area contributed by atoms with E-state index in [1.54, 1.807) is 27.4 Å². The number of benzene rings is 2. The summed E-state index contributed by atoms with van der Waals surface area (Å²) in [4.78, 5) is 14.7. The maximum atomic E-state index is 14.1. The molecular formula is C30H35N7O3S. The molecule has 3 aromatic rings. The van der Waals surface area contributed by atoms with Gasteiger partial charge in [0, 0.05) is 55.5 Å². The van der Waals surface area contributed by atoms with Crippen LogP contribution in [0.15, 0.2) is 95.8 Å². The Bertz CT molecular complexity index is 1560. The maximum Gasteiger partial charge on any atom is 0.327 e. The van der Waals surface area contributed by atoms with Crippen molar-refractivity contribution in [2.24, 2.45) is 5.73 Å². The number of rotatable bonds is 9. The van der Waals surface area contributed by atoms with Crippen molar-refractivity contribution in [2.45, 2.75) is 43.0 Å². The average molecular weight is 574 g/mol. The summed E-state index contributed by atoms with van der Waals surface area (Å²) < 4.78 is 31.8. The van der Waals surface area contributed by atoms with Gasteiger partial charge in [0.05, 0.1) is 10.6 Å². The minimum Gasteiger partial charge on any atom is -0.361 e. The van der Waals surface area contributed by atoms with Gasteiger partial charge in [-0.05, 0) is 79.5 Å². The zero-order valence-electron chi connectivity index (χ0n) is 22.7. The molecule has 2 amide bonds. The van der Waals surface area contributed by atoms with Gasteiger partial charge in [0.15, 0.2) is 0 Å². The molecule has 1 saturated heterocycles. The highest BCUT2D eigenvalue weighted by molar-refractivity contribution is 7.89. The van der Waals surface area contributed by atoms with Gasteiger partial charge in [-0.15, -0.1) is 0 Å². The summed E-state index contributed by atoms with van der Waals surface area (Å²) in [5.74, 6) is 0. The number of fused-ring (bicyclic) bond motifs is 1. The lowest BCUT2D eigenvalue weighted by atomic mass is 10.1. The lowest BCUT2D eigenvalue weighted by molar-refractivity contribution is 0.244. The quantitative estimate of drug-likeness (QED) is 0.312. The number of aromatic nitrogens is 1. The number of nitrogens with two attached hydrogens (primary N) is 1. The molecule has 0 bridgehead atoms. The number of nitrogens with zero attached hydrogens (tertiary/aromatic N) is 3. The van der Waals surface area contributed by atoms with Gasteiger partial charge in [0.1, 0.15) is 6.17 Å². The lowest BCUT2D eigenvalue weighted by Gasteiger charge is -2.34. The smallest absolute Gasteiger partial charge is 0.327 e. The first-order chi connectivity index (χ1) is 19.9. The van der Waals surface area contributed by atoms with Crippen molar-refractivity contribution in [3.8, 4) is 0 Å². The standard InChI is InChI=1S/C30H35N7O3S/c31-20-22-6-8-25(9-7-22)36-21-24-19-28(33-29(24)34-30(36)38)23-4-3-5-27(18-23)41(39,40)37(26-10-12-32-13-11-26)17-16-35-14-1-2-15-35/h1-9,14-15,18-19,21,26,29,32-33H,10-13,16-17,20,31H2,(H,34,38). The summed E-state index contributed by atoms with van der Waals surface area (Å²) >= 11 is 0. The maximum absolute atomic E-state index is 14.1. The molecule has 3 aliphatic heterocycles. The van der Waals surface area contributed by atoms with Gasteiger partial charge in [-0.2, -0.15) is 4.31 Å². The second-order valence-corrected chi connectivity index (χ2v) is 12.4. The fourth-order valence-electron chi connectivity index (χ4n) is 5.60. The van der Waals surface area contributed by atoms with Crippen LogP contribution >= 0.6 is 0 Å². The van der Waals surface area contributed by atoms with Crippen molar-refractivity contribution in [2.75, 3.05) is 24.5 Å². The Morgan fingerprint density at radius 2 is 1.73 bits per heavy atom. The van der Waals surface area contributed by atoms with Crippen LogP contribution in [-0.4, -0.2) is 55.2 Å². The Morgan fingerprint density at radius 1 is 0.976 bits per heavy atom. The third-order valence-electron chi connectivity index (χ3n) is 7.87. The highest BCUT2D eigenvalue weighted by atomic mass is 32.2. The van der Waals surface area contributed by atoms with Gasteiger partial charge in [-0.25, -0.2) is 13.2 Å². The molecule has 214 valence electrons. The Hall–Kier alpha value is -3.90. The Balaban J connectivity index is 1.26. The third kappa shape index (κ3) is 5.66. The van der Waals surface area contributed by atoms with Gasteiger partial charge in [0.2, 0.25) is 10.0 Å². The van der Waals surface area contributed by atoms with Crippen LogP contribution in [0.3, 0.4) is 0 Å². The number of piperidine rings is 1. The fraction of sp³-hybridized carbons (Fsp3) is 0.300. The van der Waals surface area contributed by atoms with E-state index in [2.05, 4.69) is 16.0 Å². The molecular weight excluding hydrogens is 538 g/mol. The summed E-state index contributed by atoms with van der Waals surface area (Å²) in [6, 6.07) is 18.2. The van der Waals surface area contributed by atoms with E-state index < -0.39 is 16.2 Å². The van der Waals surface area contributed by atoms with Crippen LogP contribution in [0.4, 0.5) is 10.5 Å². The lowest BCUT2D eigenvalue weighted by Crippen LogP contribution is -2.51. The van der Waals surface area contributed by atoms with Crippen molar-refractivity contribution in [3.63, 3.8) is 0 Å². The van der Waals surface area contributed by atoms with Crippen LogP contribution < -0.4 is 26.6 Å². The van der Waals surface area contributed by atoms with Gasteiger partial charge in [0.25, 0.3) is 0 Å². The second kappa shape index (κ2) is 11.5. The van der Waals surface area contributed by atoms with Gasteiger partial charge in [-0.1, -0.05) is 24.3 Å². The monoisotopic (exact) mass is 573 g/mol. The van der Waals surface area contributed by atoms with E-state index in [-0.39, 0.29) is 17.0 Å². The molecule has 3 aliphatic rings. The van der Waals surface area contributed by atoms with E-state index in [1.807, 2.05) is 71.7 Å². The van der Waals surface area contributed by atoms with Crippen LogP contribution in [0.1, 0.15) is 24.0 Å². The summed E-state index contributed by atoms with van der Waals surface area (Å²) in [6.45, 7) is 3.02. The Labute approximate surface area is 240 Å². The summed E-state index contributed by atoms with van der Waals surface area (Å²) in [5.41, 5.74) is 9.79. The summed E-state index contributed by atoms with van der Waals surface area (Å²) in [6.07, 6.45) is 8.82. The predicted molar refractivity (Wildman–Crippen MR) is 159 cm³/mol. The topological polar surface area (TPSA) is 125 Å². The van der Waals surface area contributed by atoms with Crippen LogP contribution in [0.25, 0.3) is 5.70 Å².